The molecule has 1 unspecified atom stereocenters. The standard InChI is InChI=1S/C21H25N7S/c1-13-16(12-27(2)28(13)3)15-10-18-17(22-11-15)8-9-19(23-18)24-21-26-25-20(29-21)14-6-4-5-7-14/h8-14H,4-7H2,1-3H3,(H,23,24,26). The number of aromatic nitrogens is 4. The minimum absolute atomic E-state index is 0.302. The second kappa shape index (κ2) is 7.35. The van der Waals surface area contributed by atoms with E-state index in [1.54, 1.807) is 11.3 Å². The number of pyridine rings is 2. The van der Waals surface area contributed by atoms with Crippen molar-refractivity contribution in [3.05, 3.63) is 41.2 Å². The highest BCUT2D eigenvalue weighted by atomic mass is 32.1. The molecule has 0 spiro atoms. The van der Waals surface area contributed by atoms with Crippen molar-refractivity contribution in [2.45, 2.75) is 44.6 Å². The lowest BCUT2D eigenvalue weighted by Crippen LogP contribution is -2.33. The monoisotopic (exact) mass is 407 g/mol. The van der Waals surface area contributed by atoms with E-state index in [0.717, 1.165) is 32.6 Å². The molecule has 3 aromatic heterocycles. The second-order valence-corrected chi connectivity index (χ2v) is 8.93. The molecule has 0 aromatic carbocycles. The Bertz CT molecular complexity index is 1070. The van der Waals surface area contributed by atoms with Crippen LogP contribution in [0.25, 0.3) is 16.6 Å². The van der Waals surface area contributed by atoms with E-state index in [9.17, 15) is 0 Å². The third-order valence-electron chi connectivity index (χ3n) is 6.08. The Kier molecular flexibility index (Phi) is 4.67. The van der Waals surface area contributed by atoms with Crippen LogP contribution in [0.2, 0.25) is 0 Å². The van der Waals surface area contributed by atoms with E-state index >= 15 is 0 Å². The number of rotatable bonds is 4. The zero-order valence-electron chi connectivity index (χ0n) is 17.0. The number of anilines is 2. The van der Waals surface area contributed by atoms with Gasteiger partial charge in [-0.15, -0.1) is 10.2 Å². The van der Waals surface area contributed by atoms with E-state index in [-0.39, 0.29) is 0 Å². The van der Waals surface area contributed by atoms with Gasteiger partial charge in [0.15, 0.2) is 0 Å². The first-order valence-corrected chi connectivity index (χ1v) is 10.9. The molecule has 1 saturated carbocycles. The molecule has 4 heterocycles. The van der Waals surface area contributed by atoms with Gasteiger partial charge in [0, 0.05) is 38.0 Å². The fourth-order valence-corrected chi connectivity index (χ4v) is 5.08. The maximum atomic E-state index is 4.78. The Morgan fingerprint density at radius 2 is 1.93 bits per heavy atom. The smallest absolute Gasteiger partial charge is 0.211 e. The van der Waals surface area contributed by atoms with Crippen molar-refractivity contribution in [3.8, 4) is 0 Å². The van der Waals surface area contributed by atoms with Crippen molar-refractivity contribution < 1.29 is 0 Å². The molecule has 150 valence electrons. The third kappa shape index (κ3) is 3.47. The zero-order valence-corrected chi connectivity index (χ0v) is 17.8. The van der Waals surface area contributed by atoms with E-state index < -0.39 is 0 Å². The third-order valence-corrected chi connectivity index (χ3v) is 7.09. The maximum absolute atomic E-state index is 4.78. The largest absolute Gasteiger partial charge is 0.315 e. The summed E-state index contributed by atoms with van der Waals surface area (Å²) < 4.78 is 0. The summed E-state index contributed by atoms with van der Waals surface area (Å²) in [4.78, 5) is 9.40. The van der Waals surface area contributed by atoms with Crippen LogP contribution in [0.3, 0.4) is 0 Å². The molecule has 0 amide bonds. The number of nitrogens with zero attached hydrogens (tertiary/aromatic N) is 6. The lowest BCUT2D eigenvalue weighted by atomic mass is 10.0. The van der Waals surface area contributed by atoms with Crippen molar-refractivity contribution in [2.75, 3.05) is 19.4 Å². The molecule has 1 N–H and O–H groups in total. The van der Waals surface area contributed by atoms with E-state index in [4.69, 9.17) is 4.98 Å². The van der Waals surface area contributed by atoms with Crippen LogP contribution >= 0.6 is 11.3 Å². The van der Waals surface area contributed by atoms with Crippen molar-refractivity contribution in [3.63, 3.8) is 0 Å². The first kappa shape index (κ1) is 18.4. The highest BCUT2D eigenvalue weighted by Gasteiger charge is 2.25. The predicted octanol–water partition coefficient (Wildman–Crippen LogP) is 4.40. The van der Waals surface area contributed by atoms with Gasteiger partial charge in [0.25, 0.3) is 0 Å². The van der Waals surface area contributed by atoms with Crippen LogP contribution in [0.15, 0.2) is 30.6 Å². The number of nitrogens with one attached hydrogen (secondary N) is 1. The van der Waals surface area contributed by atoms with Crippen molar-refractivity contribution in [1.82, 2.24) is 30.2 Å². The van der Waals surface area contributed by atoms with Gasteiger partial charge in [-0.2, -0.15) is 0 Å². The van der Waals surface area contributed by atoms with Crippen LogP contribution in [-0.4, -0.2) is 50.3 Å². The normalized spacial score (nSPS) is 20.6. The number of hydrogen-bond acceptors (Lipinski definition) is 8. The summed E-state index contributed by atoms with van der Waals surface area (Å²) in [6.07, 6.45) is 9.16. The lowest BCUT2D eigenvalue weighted by molar-refractivity contribution is 0.0823. The van der Waals surface area contributed by atoms with E-state index in [2.05, 4.69) is 63.8 Å². The van der Waals surface area contributed by atoms with Crippen LogP contribution in [-0.2, 0) is 0 Å². The van der Waals surface area contributed by atoms with Crippen molar-refractivity contribution >= 4 is 38.9 Å². The molecule has 1 fully saturated rings. The molecule has 1 atom stereocenters. The fourth-order valence-electron chi connectivity index (χ4n) is 4.16. The molecule has 5 rings (SSSR count). The molecule has 1 aliphatic carbocycles. The summed E-state index contributed by atoms with van der Waals surface area (Å²) >= 11 is 1.65. The lowest BCUT2D eigenvalue weighted by Gasteiger charge is -2.24. The molecule has 0 radical (unpaired) electrons. The second-order valence-electron chi connectivity index (χ2n) is 7.92. The van der Waals surface area contributed by atoms with Gasteiger partial charge in [-0.3, -0.25) is 4.98 Å². The summed E-state index contributed by atoms with van der Waals surface area (Å²) in [6, 6.07) is 6.37. The average molecular weight is 408 g/mol. The van der Waals surface area contributed by atoms with E-state index in [1.165, 1.54) is 31.3 Å². The topological polar surface area (TPSA) is 70.1 Å². The Morgan fingerprint density at radius 1 is 1.10 bits per heavy atom. The van der Waals surface area contributed by atoms with Gasteiger partial charge in [-0.05, 0) is 43.5 Å². The number of hydrogen-bond donors (Lipinski definition) is 1. The highest BCUT2D eigenvalue weighted by molar-refractivity contribution is 7.15. The molecule has 1 aliphatic heterocycles. The Labute approximate surface area is 174 Å². The number of hydrazine groups is 1. The SMILES string of the molecule is CC1C(c2cnc3ccc(Nc4nnc(C5CCCC5)s4)nc3c2)=CN(C)N1C. The summed E-state index contributed by atoms with van der Waals surface area (Å²) in [5.41, 5.74) is 4.11. The Hall–Kier alpha value is -2.58. The van der Waals surface area contributed by atoms with Gasteiger partial charge in [-0.1, -0.05) is 24.2 Å². The van der Waals surface area contributed by atoms with Crippen molar-refractivity contribution in [2.24, 2.45) is 0 Å². The minimum atomic E-state index is 0.302. The van der Waals surface area contributed by atoms with E-state index in [0.29, 0.717) is 12.0 Å². The molecule has 3 aromatic rings. The Morgan fingerprint density at radius 3 is 2.69 bits per heavy atom. The number of fused-ring (bicyclic) bond motifs is 1. The minimum Gasteiger partial charge on any atom is -0.315 e. The molecular weight excluding hydrogens is 382 g/mol. The van der Waals surface area contributed by atoms with Gasteiger partial charge in [-0.25, -0.2) is 9.99 Å². The average Bonchev–Trinajstić information content (AvgIpc) is 3.46. The summed E-state index contributed by atoms with van der Waals surface area (Å²) in [5, 5.41) is 18.3. The summed E-state index contributed by atoms with van der Waals surface area (Å²) in [7, 11) is 4.14. The highest BCUT2D eigenvalue weighted by Crippen LogP contribution is 2.37. The molecule has 0 saturated heterocycles. The van der Waals surface area contributed by atoms with E-state index in [1.807, 2.05) is 18.3 Å². The molecule has 29 heavy (non-hydrogen) atoms. The Balaban J connectivity index is 1.40. The van der Waals surface area contributed by atoms with Gasteiger partial charge in [0.1, 0.15) is 10.8 Å². The van der Waals surface area contributed by atoms with Crippen LogP contribution in [0.1, 0.15) is 49.1 Å². The summed E-state index contributed by atoms with van der Waals surface area (Å²) in [5.74, 6) is 1.35. The maximum Gasteiger partial charge on any atom is 0.211 e. The van der Waals surface area contributed by atoms with Crippen LogP contribution < -0.4 is 5.32 Å². The van der Waals surface area contributed by atoms with Crippen molar-refractivity contribution in [1.29, 1.82) is 0 Å². The first-order chi connectivity index (χ1) is 14.1. The van der Waals surface area contributed by atoms with Gasteiger partial charge in [0.2, 0.25) is 5.13 Å². The van der Waals surface area contributed by atoms with Crippen LogP contribution in [0.4, 0.5) is 10.9 Å². The predicted molar refractivity (Wildman–Crippen MR) is 117 cm³/mol. The molecule has 8 heteroatoms. The molecular formula is C21H25N7S. The number of likely N-dealkylation sites (N-methyl/N-ethyl adjacent to an activating group) is 1. The zero-order chi connectivity index (χ0) is 20.0. The van der Waals surface area contributed by atoms with Crippen LogP contribution in [0, 0.1) is 0 Å². The summed E-state index contributed by atoms with van der Waals surface area (Å²) in [6.45, 7) is 2.20. The molecule has 2 aliphatic rings. The van der Waals surface area contributed by atoms with Gasteiger partial charge >= 0.3 is 0 Å². The quantitative estimate of drug-likeness (QED) is 0.687. The first-order valence-electron chi connectivity index (χ1n) is 10.1. The van der Waals surface area contributed by atoms with Crippen LogP contribution in [0.5, 0.6) is 0 Å². The van der Waals surface area contributed by atoms with Gasteiger partial charge < -0.3 is 10.3 Å². The van der Waals surface area contributed by atoms with Gasteiger partial charge in [0.05, 0.1) is 17.1 Å². The molecule has 0 bridgehead atoms. The fraction of sp³-hybridized carbons (Fsp3) is 0.429. The molecule has 7 nitrogen and oxygen atoms in total.